The molecule has 0 saturated heterocycles. The second-order valence-corrected chi connectivity index (χ2v) is 11.6. The molecule has 1 heterocycles. The van der Waals surface area contributed by atoms with E-state index in [1.807, 2.05) is 58.9 Å². The molecule has 1 aliphatic rings. The van der Waals surface area contributed by atoms with E-state index in [1.54, 1.807) is 6.92 Å². The predicted molar refractivity (Wildman–Crippen MR) is 134 cm³/mol. The van der Waals surface area contributed by atoms with E-state index >= 15 is 0 Å². The molecule has 8 heteroatoms. The first-order valence-electron chi connectivity index (χ1n) is 11.5. The Kier molecular flexibility index (Phi) is 7.62. The number of hydrogen-bond acceptors (Lipinski definition) is 6. The summed E-state index contributed by atoms with van der Waals surface area (Å²) in [6.45, 7) is 11.7. The van der Waals surface area contributed by atoms with Gasteiger partial charge in [0.2, 0.25) is 10.0 Å². The van der Waals surface area contributed by atoms with E-state index in [4.69, 9.17) is 14.2 Å². The van der Waals surface area contributed by atoms with E-state index < -0.39 is 27.7 Å². The number of rotatable bonds is 4. The molecule has 0 spiro atoms. The SMILES string of the molecule is COC(=O)[C@@H](OC(C)(C)C)c1c(C)c2c(c(C)c1-c1ccc(C)cc1)OCCCCS(=O)(=O)N2. The second-order valence-electron chi connectivity index (χ2n) is 9.72. The fourth-order valence-electron chi connectivity index (χ4n) is 4.18. The number of esters is 1. The zero-order valence-corrected chi connectivity index (χ0v) is 21.9. The zero-order valence-electron chi connectivity index (χ0n) is 21.1. The highest BCUT2D eigenvalue weighted by Gasteiger charge is 2.35. The summed E-state index contributed by atoms with van der Waals surface area (Å²) >= 11 is 0. The summed E-state index contributed by atoms with van der Waals surface area (Å²) < 4.78 is 45.8. The zero-order chi connectivity index (χ0) is 25.3. The van der Waals surface area contributed by atoms with Crippen molar-refractivity contribution in [2.45, 2.75) is 66.1 Å². The fraction of sp³-hybridized carbons (Fsp3) is 0.500. The van der Waals surface area contributed by atoms with Gasteiger partial charge in [-0.05, 0) is 71.1 Å². The predicted octanol–water partition coefficient (Wildman–Crippen LogP) is 5.22. The Labute approximate surface area is 202 Å². The number of ether oxygens (including phenoxy) is 3. The van der Waals surface area contributed by atoms with Crippen LogP contribution in [0.1, 0.15) is 62.0 Å². The maximum Gasteiger partial charge on any atom is 0.339 e. The number of carbonyl (C=O) groups is 1. The third kappa shape index (κ3) is 5.73. The average molecular weight is 490 g/mol. The maximum absolute atomic E-state index is 13.0. The number of aryl methyl sites for hydroxylation is 1. The van der Waals surface area contributed by atoms with Crippen molar-refractivity contribution in [3.05, 3.63) is 46.5 Å². The van der Waals surface area contributed by atoms with Crippen LogP contribution in [0.15, 0.2) is 24.3 Å². The minimum atomic E-state index is -3.59. The molecule has 2 aromatic carbocycles. The van der Waals surface area contributed by atoms with Gasteiger partial charge in [-0.25, -0.2) is 13.2 Å². The molecule has 3 rings (SSSR count). The molecule has 0 aromatic heterocycles. The minimum Gasteiger partial charge on any atom is -0.491 e. The van der Waals surface area contributed by atoms with E-state index in [1.165, 1.54) is 7.11 Å². The molecular weight excluding hydrogens is 454 g/mol. The highest BCUT2D eigenvalue weighted by atomic mass is 32.2. The number of hydrogen-bond donors (Lipinski definition) is 1. The normalized spacial score (nSPS) is 16.7. The van der Waals surface area contributed by atoms with Crippen molar-refractivity contribution in [3.63, 3.8) is 0 Å². The van der Waals surface area contributed by atoms with Crippen molar-refractivity contribution in [1.82, 2.24) is 0 Å². The van der Waals surface area contributed by atoms with E-state index in [0.717, 1.165) is 22.3 Å². The highest BCUT2D eigenvalue weighted by Crippen LogP contribution is 2.47. The second kappa shape index (κ2) is 9.96. The lowest BCUT2D eigenvalue weighted by molar-refractivity contribution is -0.164. The van der Waals surface area contributed by atoms with Crippen molar-refractivity contribution in [3.8, 4) is 16.9 Å². The number of carbonyl (C=O) groups excluding carboxylic acids is 1. The van der Waals surface area contributed by atoms with Crippen LogP contribution in [0.2, 0.25) is 0 Å². The molecule has 1 N–H and O–H groups in total. The number of benzene rings is 2. The largest absolute Gasteiger partial charge is 0.491 e. The molecule has 1 atom stereocenters. The molecule has 0 bridgehead atoms. The van der Waals surface area contributed by atoms with Crippen LogP contribution in [-0.4, -0.2) is 39.5 Å². The number of methoxy groups -OCH3 is 1. The summed E-state index contributed by atoms with van der Waals surface area (Å²) in [5.74, 6) is -0.0818. The van der Waals surface area contributed by atoms with Crippen molar-refractivity contribution in [2.75, 3.05) is 24.2 Å². The van der Waals surface area contributed by atoms with Gasteiger partial charge in [0.25, 0.3) is 0 Å². The van der Waals surface area contributed by atoms with Gasteiger partial charge in [0.1, 0.15) is 5.75 Å². The minimum absolute atomic E-state index is 0.00224. The molecule has 7 nitrogen and oxygen atoms in total. The maximum atomic E-state index is 13.0. The van der Waals surface area contributed by atoms with E-state index in [-0.39, 0.29) is 5.75 Å². The summed E-state index contributed by atoms with van der Waals surface area (Å²) in [6, 6.07) is 7.96. The van der Waals surface area contributed by atoms with Crippen molar-refractivity contribution in [2.24, 2.45) is 0 Å². The van der Waals surface area contributed by atoms with Crippen LogP contribution in [-0.2, 0) is 24.3 Å². The molecule has 0 fully saturated rings. The number of fused-ring (bicyclic) bond motifs is 1. The van der Waals surface area contributed by atoms with Gasteiger partial charge in [-0.2, -0.15) is 0 Å². The van der Waals surface area contributed by atoms with Gasteiger partial charge in [-0.15, -0.1) is 0 Å². The van der Waals surface area contributed by atoms with Gasteiger partial charge in [0.05, 0.1) is 30.8 Å². The molecule has 0 amide bonds. The summed E-state index contributed by atoms with van der Waals surface area (Å²) in [5.41, 5.74) is 4.29. The summed E-state index contributed by atoms with van der Waals surface area (Å²) in [4.78, 5) is 13.0. The Morgan fingerprint density at radius 2 is 1.71 bits per heavy atom. The molecule has 0 radical (unpaired) electrons. The lowest BCUT2D eigenvalue weighted by Crippen LogP contribution is -2.29. The van der Waals surface area contributed by atoms with Crippen LogP contribution in [0.5, 0.6) is 5.75 Å². The topological polar surface area (TPSA) is 90.9 Å². The van der Waals surface area contributed by atoms with E-state index in [9.17, 15) is 13.2 Å². The Hall–Kier alpha value is -2.58. The first-order valence-corrected chi connectivity index (χ1v) is 13.1. The highest BCUT2D eigenvalue weighted by molar-refractivity contribution is 7.92. The first-order chi connectivity index (χ1) is 15.8. The van der Waals surface area contributed by atoms with Crippen LogP contribution >= 0.6 is 0 Å². The van der Waals surface area contributed by atoms with Gasteiger partial charge in [-0.3, -0.25) is 4.72 Å². The van der Waals surface area contributed by atoms with Gasteiger partial charge in [0.15, 0.2) is 6.10 Å². The summed E-state index contributed by atoms with van der Waals surface area (Å²) in [6.07, 6.45) is 0.0532. The monoisotopic (exact) mass is 489 g/mol. The molecule has 0 unspecified atom stereocenters. The molecule has 2 aromatic rings. The van der Waals surface area contributed by atoms with Gasteiger partial charge in [0, 0.05) is 11.1 Å². The quantitative estimate of drug-likeness (QED) is 0.592. The van der Waals surface area contributed by atoms with Crippen molar-refractivity contribution < 1.29 is 27.4 Å². The third-order valence-electron chi connectivity index (χ3n) is 5.79. The number of nitrogens with one attached hydrogen (secondary N) is 1. The smallest absolute Gasteiger partial charge is 0.339 e. The Balaban J connectivity index is 2.42. The van der Waals surface area contributed by atoms with E-state index in [2.05, 4.69) is 4.72 Å². The van der Waals surface area contributed by atoms with Crippen LogP contribution in [0, 0.1) is 20.8 Å². The molecule has 34 heavy (non-hydrogen) atoms. The lowest BCUT2D eigenvalue weighted by atomic mass is 9.86. The molecule has 186 valence electrons. The standard InChI is InChI=1S/C26H35NO6S/c1-16-10-12-19(13-11-16)20-18(3)23-22(27-34(29,30)15-9-8-14-32-23)17(2)21(20)24(25(28)31-7)33-26(4,5)6/h10-13,24,27H,8-9,14-15H2,1-7H3/t24-/m0/s1. The van der Waals surface area contributed by atoms with Crippen LogP contribution < -0.4 is 9.46 Å². The summed E-state index contributed by atoms with van der Waals surface area (Å²) in [7, 11) is -2.27. The van der Waals surface area contributed by atoms with Crippen molar-refractivity contribution in [1.29, 1.82) is 0 Å². The fourth-order valence-corrected chi connectivity index (χ4v) is 5.42. The Bertz CT molecular complexity index is 1160. The van der Waals surface area contributed by atoms with E-state index in [0.29, 0.717) is 42.0 Å². The van der Waals surface area contributed by atoms with Crippen LogP contribution in [0.4, 0.5) is 5.69 Å². The third-order valence-corrected chi connectivity index (χ3v) is 7.13. The van der Waals surface area contributed by atoms with Gasteiger partial charge < -0.3 is 14.2 Å². The molecular formula is C26H35NO6S. The van der Waals surface area contributed by atoms with Gasteiger partial charge >= 0.3 is 5.97 Å². The Morgan fingerprint density at radius 3 is 2.29 bits per heavy atom. The first kappa shape index (κ1) is 26.0. The number of anilines is 1. The average Bonchev–Trinajstić information content (AvgIpc) is 2.82. The lowest BCUT2D eigenvalue weighted by Gasteiger charge is -2.31. The molecule has 0 saturated carbocycles. The van der Waals surface area contributed by atoms with Crippen LogP contribution in [0.3, 0.4) is 0 Å². The number of sulfonamides is 1. The molecule has 1 aliphatic heterocycles. The van der Waals surface area contributed by atoms with Crippen LogP contribution in [0.25, 0.3) is 11.1 Å². The Morgan fingerprint density at radius 1 is 1.06 bits per heavy atom. The summed E-state index contributed by atoms with van der Waals surface area (Å²) in [5, 5.41) is 0. The van der Waals surface area contributed by atoms with Gasteiger partial charge in [-0.1, -0.05) is 29.8 Å². The molecule has 0 aliphatic carbocycles. The van der Waals surface area contributed by atoms with Crippen molar-refractivity contribution >= 4 is 21.7 Å².